The predicted molar refractivity (Wildman–Crippen MR) is 49.0 cm³/mol. The normalized spacial score (nSPS) is 30.5. The van der Waals surface area contributed by atoms with Crippen molar-refractivity contribution in [3.63, 3.8) is 0 Å². The lowest BCUT2D eigenvalue weighted by molar-refractivity contribution is -0.103. The first-order chi connectivity index (χ1) is 5.41. The molecule has 0 amide bonds. The minimum Gasteiger partial charge on any atom is -0.380 e. The van der Waals surface area contributed by atoms with Crippen molar-refractivity contribution >= 4 is 11.8 Å². The summed E-state index contributed by atoms with van der Waals surface area (Å²) in [7, 11) is 0. The molecule has 64 valence electrons. The molecule has 2 heterocycles. The molecular formula is C9H16OS. The van der Waals surface area contributed by atoms with Crippen LogP contribution in [0.3, 0.4) is 0 Å². The van der Waals surface area contributed by atoms with Crippen molar-refractivity contribution in [3.05, 3.63) is 0 Å². The van der Waals surface area contributed by atoms with Gasteiger partial charge in [-0.3, -0.25) is 0 Å². The van der Waals surface area contributed by atoms with E-state index < -0.39 is 0 Å². The zero-order chi connectivity index (χ0) is 7.57. The molecular weight excluding hydrogens is 156 g/mol. The third-order valence-electron chi connectivity index (χ3n) is 2.72. The molecule has 1 nitrogen and oxygen atoms in total. The molecule has 0 aliphatic carbocycles. The van der Waals surface area contributed by atoms with Crippen LogP contribution in [0, 0.1) is 5.41 Å². The van der Waals surface area contributed by atoms with Crippen molar-refractivity contribution in [3.8, 4) is 0 Å². The van der Waals surface area contributed by atoms with E-state index in [9.17, 15) is 0 Å². The third-order valence-corrected chi connectivity index (χ3v) is 4.11. The minimum absolute atomic E-state index is 0.616. The lowest BCUT2D eigenvalue weighted by atomic mass is 9.82. The van der Waals surface area contributed by atoms with Crippen molar-refractivity contribution in [2.45, 2.75) is 25.7 Å². The van der Waals surface area contributed by atoms with Gasteiger partial charge in [0.15, 0.2) is 0 Å². The molecule has 2 fully saturated rings. The first-order valence-corrected chi connectivity index (χ1v) is 5.72. The molecule has 2 heteroatoms. The van der Waals surface area contributed by atoms with Crippen LogP contribution < -0.4 is 0 Å². The van der Waals surface area contributed by atoms with Crippen LogP contribution in [0.4, 0.5) is 0 Å². The van der Waals surface area contributed by atoms with Gasteiger partial charge in [0.25, 0.3) is 0 Å². The first-order valence-electron chi connectivity index (χ1n) is 4.57. The number of hydrogen-bond acceptors (Lipinski definition) is 2. The SMILES string of the molecule is C1CCSCC2(CC1)COC2. The molecule has 11 heavy (non-hydrogen) atoms. The van der Waals surface area contributed by atoms with E-state index in [-0.39, 0.29) is 0 Å². The van der Waals surface area contributed by atoms with Crippen LogP contribution in [0.15, 0.2) is 0 Å². The molecule has 0 N–H and O–H groups in total. The van der Waals surface area contributed by atoms with Gasteiger partial charge < -0.3 is 4.74 Å². The standard InChI is InChI=1S/C9H16OS/c1-2-4-9(6-10-7-9)8-11-5-3-1/h1-8H2. The van der Waals surface area contributed by atoms with Gasteiger partial charge in [-0.1, -0.05) is 12.8 Å². The Bertz CT molecular complexity index is 122. The van der Waals surface area contributed by atoms with Crippen LogP contribution in [-0.4, -0.2) is 24.7 Å². The first kappa shape index (κ1) is 7.93. The highest BCUT2D eigenvalue weighted by Crippen LogP contribution is 2.38. The summed E-state index contributed by atoms with van der Waals surface area (Å²) in [6.07, 6.45) is 5.72. The average molecular weight is 172 g/mol. The van der Waals surface area contributed by atoms with Crippen LogP contribution in [-0.2, 0) is 4.74 Å². The second-order valence-corrected chi connectivity index (χ2v) is 4.96. The zero-order valence-corrected chi connectivity index (χ0v) is 7.79. The Kier molecular flexibility index (Phi) is 2.42. The third kappa shape index (κ3) is 1.73. The van der Waals surface area contributed by atoms with Gasteiger partial charge in [-0.15, -0.1) is 0 Å². The molecule has 0 bridgehead atoms. The Morgan fingerprint density at radius 1 is 1.09 bits per heavy atom. The average Bonchev–Trinajstić information content (AvgIpc) is 1.82. The van der Waals surface area contributed by atoms with Crippen molar-refractivity contribution in [1.29, 1.82) is 0 Å². The summed E-state index contributed by atoms with van der Waals surface area (Å²) >= 11 is 2.13. The van der Waals surface area contributed by atoms with Gasteiger partial charge in [0.1, 0.15) is 0 Å². The van der Waals surface area contributed by atoms with Crippen LogP contribution in [0.5, 0.6) is 0 Å². The summed E-state index contributed by atoms with van der Waals surface area (Å²) in [5.74, 6) is 2.73. The van der Waals surface area contributed by atoms with Gasteiger partial charge in [0.05, 0.1) is 13.2 Å². The van der Waals surface area contributed by atoms with Crippen LogP contribution in [0.25, 0.3) is 0 Å². The maximum atomic E-state index is 5.30. The summed E-state index contributed by atoms with van der Waals surface area (Å²) in [4.78, 5) is 0. The Labute approximate surface area is 72.9 Å². The second-order valence-electron chi connectivity index (χ2n) is 3.86. The van der Waals surface area contributed by atoms with Gasteiger partial charge in [0, 0.05) is 11.2 Å². The fraction of sp³-hybridized carbons (Fsp3) is 1.00. The quantitative estimate of drug-likeness (QED) is 0.554. The lowest BCUT2D eigenvalue weighted by Crippen LogP contribution is -2.45. The Morgan fingerprint density at radius 3 is 2.73 bits per heavy atom. The van der Waals surface area contributed by atoms with E-state index >= 15 is 0 Å². The maximum Gasteiger partial charge on any atom is 0.0552 e. The monoisotopic (exact) mass is 172 g/mol. The fourth-order valence-electron chi connectivity index (χ4n) is 1.86. The number of hydrogen-bond donors (Lipinski definition) is 0. The highest BCUT2D eigenvalue weighted by molar-refractivity contribution is 7.99. The van der Waals surface area contributed by atoms with Crippen LogP contribution in [0.2, 0.25) is 0 Å². The zero-order valence-electron chi connectivity index (χ0n) is 6.97. The van der Waals surface area contributed by atoms with Gasteiger partial charge in [0.2, 0.25) is 0 Å². The summed E-state index contributed by atoms with van der Waals surface area (Å²) in [6, 6.07) is 0. The molecule has 0 radical (unpaired) electrons. The molecule has 0 aromatic carbocycles. The fourth-order valence-corrected chi connectivity index (χ4v) is 3.16. The van der Waals surface area contributed by atoms with Gasteiger partial charge in [-0.2, -0.15) is 11.8 Å². The topological polar surface area (TPSA) is 9.23 Å². The maximum absolute atomic E-state index is 5.30. The predicted octanol–water partition coefficient (Wildman–Crippen LogP) is 2.31. The van der Waals surface area contributed by atoms with E-state index in [0.29, 0.717) is 5.41 Å². The molecule has 0 aromatic heterocycles. The molecule has 2 aliphatic rings. The number of thioether (sulfide) groups is 1. The second kappa shape index (κ2) is 3.36. The molecule has 0 saturated carbocycles. The van der Waals surface area contributed by atoms with Crippen molar-refractivity contribution in [2.75, 3.05) is 24.7 Å². The molecule has 0 aromatic rings. The smallest absolute Gasteiger partial charge is 0.0552 e. The Balaban J connectivity index is 1.86. The molecule has 2 aliphatic heterocycles. The molecule has 1 spiro atoms. The Hall–Kier alpha value is 0.310. The van der Waals surface area contributed by atoms with Crippen LogP contribution >= 0.6 is 11.8 Å². The summed E-state index contributed by atoms with van der Waals surface area (Å²) in [5.41, 5.74) is 0.616. The summed E-state index contributed by atoms with van der Waals surface area (Å²) < 4.78 is 5.30. The summed E-state index contributed by atoms with van der Waals surface area (Å²) in [6.45, 7) is 2.08. The van der Waals surface area contributed by atoms with E-state index in [1.54, 1.807) is 0 Å². The van der Waals surface area contributed by atoms with Crippen molar-refractivity contribution in [2.24, 2.45) is 5.41 Å². The van der Waals surface area contributed by atoms with E-state index in [1.807, 2.05) is 0 Å². The highest BCUT2D eigenvalue weighted by atomic mass is 32.2. The minimum atomic E-state index is 0.616. The highest BCUT2D eigenvalue weighted by Gasteiger charge is 2.37. The van der Waals surface area contributed by atoms with Gasteiger partial charge in [-0.25, -0.2) is 0 Å². The van der Waals surface area contributed by atoms with E-state index in [4.69, 9.17) is 4.74 Å². The van der Waals surface area contributed by atoms with E-state index in [2.05, 4.69) is 11.8 Å². The molecule has 0 unspecified atom stereocenters. The van der Waals surface area contributed by atoms with Crippen LogP contribution in [0.1, 0.15) is 25.7 Å². The molecule has 2 saturated heterocycles. The van der Waals surface area contributed by atoms with Gasteiger partial charge in [-0.05, 0) is 18.6 Å². The summed E-state index contributed by atoms with van der Waals surface area (Å²) in [5, 5.41) is 0. The van der Waals surface area contributed by atoms with E-state index in [0.717, 1.165) is 13.2 Å². The Morgan fingerprint density at radius 2 is 2.00 bits per heavy atom. The molecule has 2 rings (SSSR count). The largest absolute Gasteiger partial charge is 0.380 e. The van der Waals surface area contributed by atoms with E-state index in [1.165, 1.54) is 37.2 Å². The van der Waals surface area contributed by atoms with Crippen molar-refractivity contribution in [1.82, 2.24) is 0 Å². The number of rotatable bonds is 0. The molecule has 0 atom stereocenters. The number of ether oxygens (including phenoxy) is 1. The lowest BCUT2D eigenvalue weighted by Gasteiger charge is -2.42. The van der Waals surface area contributed by atoms with Crippen molar-refractivity contribution < 1.29 is 4.74 Å². The van der Waals surface area contributed by atoms with Gasteiger partial charge >= 0.3 is 0 Å².